The Hall–Kier alpha value is -1.35. The minimum atomic E-state index is -4.22. The largest absolute Gasteiger partial charge is 0.467 e. The highest BCUT2D eigenvalue weighted by Crippen LogP contribution is 2.65. The topological polar surface area (TPSA) is 133 Å². The fourth-order valence-corrected chi connectivity index (χ4v) is 4.10. The van der Waals surface area contributed by atoms with Crippen LogP contribution in [0, 0.1) is 0 Å². The van der Waals surface area contributed by atoms with Crippen LogP contribution in [0.5, 0.6) is 0 Å². The Morgan fingerprint density at radius 2 is 1.75 bits per heavy atom. The standard InChI is InChI=1S/C13H23N2O8P/c1-7-23-10(17)13(12(3,18)24(19,21-5)22-6)8-11(2,14-15-13)9(16)20-4/h18H,7-8H2,1-6H3. The molecule has 0 saturated heterocycles. The van der Waals surface area contributed by atoms with Crippen LogP contribution in [-0.4, -0.2) is 61.4 Å². The second-order valence-electron chi connectivity index (χ2n) is 5.61. The lowest BCUT2D eigenvalue weighted by atomic mass is 9.82. The smallest absolute Gasteiger partial charge is 0.364 e. The molecule has 1 aliphatic rings. The lowest BCUT2D eigenvalue weighted by molar-refractivity contribution is -0.158. The van der Waals surface area contributed by atoms with E-state index in [0.717, 1.165) is 28.3 Å². The van der Waals surface area contributed by atoms with Crippen molar-refractivity contribution in [1.29, 1.82) is 0 Å². The van der Waals surface area contributed by atoms with E-state index in [9.17, 15) is 19.3 Å². The van der Waals surface area contributed by atoms with E-state index in [1.807, 2.05) is 0 Å². The molecule has 0 fully saturated rings. The number of nitrogens with zero attached hydrogens (tertiary/aromatic N) is 2. The first-order valence-corrected chi connectivity index (χ1v) is 8.68. The highest BCUT2D eigenvalue weighted by atomic mass is 31.2. The van der Waals surface area contributed by atoms with Crippen molar-refractivity contribution in [3.05, 3.63) is 0 Å². The van der Waals surface area contributed by atoms with E-state index in [4.69, 9.17) is 13.8 Å². The van der Waals surface area contributed by atoms with Gasteiger partial charge in [0, 0.05) is 20.6 Å². The fourth-order valence-electron chi connectivity index (χ4n) is 2.57. The molecular formula is C13H23N2O8P. The minimum absolute atomic E-state index is 0.0224. The quantitative estimate of drug-likeness (QED) is 0.526. The van der Waals surface area contributed by atoms with Crippen molar-refractivity contribution in [2.75, 3.05) is 27.9 Å². The molecule has 24 heavy (non-hydrogen) atoms. The van der Waals surface area contributed by atoms with Crippen LogP contribution in [0.2, 0.25) is 0 Å². The molecule has 1 N–H and O–H groups in total. The van der Waals surface area contributed by atoms with E-state index >= 15 is 0 Å². The average molecular weight is 366 g/mol. The number of ether oxygens (including phenoxy) is 2. The van der Waals surface area contributed by atoms with Crippen LogP contribution in [0.15, 0.2) is 10.2 Å². The maximum atomic E-state index is 12.8. The molecule has 0 bridgehead atoms. The summed E-state index contributed by atoms with van der Waals surface area (Å²) in [5, 5.41) is 16.1. The molecule has 11 heteroatoms. The first kappa shape index (κ1) is 20.7. The van der Waals surface area contributed by atoms with E-state index < -0.39 is 42.4 Å². The summed E-state index contributed by atoms with van der Waals surface area (Å²) in [5.41, 5.74) is -3.72. The highest BCUT2D eigenvalue weighted by Gasteiger charge is 2.70. The van der Waals surface area contributed by atoms with Gasteiger partial charge in [-0.1, -0.05) is 0 Å². The van der Waals surface area contributed by atoms with Crippen molar-refractivity contribution in [3.63, 3.8) is 0 Å². The van der Waals surface area contributed by atoms with Crippen LogP contribution in [0.4, 0.5) is 0 Å². The van der Waals surface area contributed by atoms with Gasteiger partial charge in [0.2, 0.25) is 10.9 Å². The number of hydrogen-bond donors (Lipinski definition) is 1. The van der Waals surface area contributed by atoms with E-state index in [0.29, 0.717) is 0 Å². The highest BCUT2D eigenvalue weighted by molar-refractivity contribution is 7.55. The van der Waals surface area contributed by atoms with Crippen molar-refractivity contribution < 1.29 is 37.8 Å². The van der Waals surface area contributed by atoms with Gasteiger partial charge in [0.05, 0.1) is 13.7 Å². The van der Waals surface area contributed by atoms with Crippen LogP contribution < -0.4 is 0 Å². The van der Waals surface area contributed by atoms with Gasteiger partial charge in [-0.3, -0.25) is 4.57 Å². The summed E-state index contributed by atoms with van der Waals surface area (Å²) in [6.07, 6.45) is -0.421. The number of aliphatic hydroxyl groups is 1. The number of azo groups is 1. The molecule has 0 aromatic rings. The zero-order valence-corrected chi connectivity index (χ0v) is 15.5. The van der Waals surface area contributed by atoms with Crippen molar-refractivity contribution in [1.82, 2.24) is 0 Å². The van der Waals surface area contributed by atoms with Gasteiger partial charge in [-0.25, -0.2) is 9.59 Å². The summed E-state index contributed by atoms with van der Waals surface area (Å²) in [7, 11) is -0.951. The third-order valence-corrected chi connectivity index (χ3v) is 6.48. The van der Waals surface area contributed by atoms with Gasteiger partial charge in [-0.05, 0) is 20.8 Å². The first-order chi connectivity index (χ1) is 11.0. The number of rotatable bonds is 7. The number of hydrogen-bond acceptors (Lipinski definition) is 10. The molecule has 3 atom stereocenters. The Bertz CT molecular complexity index is 585. The second-order valence-corrected chi connectivity index (χ2v) is 8.20. The zero-order chi connectivity index (χ0) is 18.8. The summed E-state index contributed by atoms with van der Waals surface area (Å²) in [4.78, 5) is 24.5. The van der Waals surface area contributed by atoms with Gasteiger partial charge >= 0.3 is 19.5 Å². The van der Waals surface area contributed by atoms with Crippen molar-refractivity contribution >= 4 is 19.5 Å². The van der Waals surface area contributed by atoms with Gasteiger partial charge in [-0.2, -0.15) is 10.2 Å². The summed E-state index contributed by atoms with van der Waals surface area (Å²) in [6, 6.07) is 0. The average Bonchev–Trinajstić information content (AvgIpc) is 2.94. The lowest BCUT2D eigenvalue weighted by Crippen LogP contribution is -2.58. The minimum Gasteiger partial charge on any atom is -0.467 e. The van der Waals surface area contributed by atoms with Gasteiger partial charge in [0.25, 0.3) is 0 Å². The van der Waals surface area contributed by atoms with E-state index in [1.165, 1.54) is 6.92 Å². The molecule has 0 spiro atoms. The fraction of sp³-hybridized carbons (Fsp3) is 0.846. The third-order valence-electron chi connectivity index (χ3n) is 4.08. The maximum absolute atomic E-state index is 12.8. The summed E-state index contributed by atoms with van der Waals surface area (Å²) in [5.74, 6) is -1.77. The molecule has 138 valence electrons. The number of esters is 2. The predicted octanol–water partition coefficient (Wildman–Crippen LogP) is 1.27. The molecule has 10 nitrogen and oxygen atoms in total. The van der Waals surface area contributed by atoms with Crippen LogP contribution in [0.1, 0.15) is 27.2 Å². The summed E-state index contributed by atoms with van der Waals surface area (Å²) >= 11 is 0. The van der Waals surface area contributed by atoms with Gasteiger partial charge in [0.15, 0.2) is 5.54 Å². The van der Waals surface area contributed by atoms with Gasteiger partial charge in [0.1, 0.15) is 0 Å². The predicted molar refractivity (Wildman–Crippen MR) is 81.5 cm³/mol. The normalized spacial score (nSPS) is 29.1. The molecule has 0 radical (unpaired) electrons. The monoisotopic (exact) mass is 366 g/mol. The number of carbonyl (C=O) groups excluding carboxylic acids is 2. The van der Waals surface area contributed by atoms with Crippen LogP contribution in [-0.2, 0) is 32.7 Å². The molecule has 0 amide bonds. The summed E-state index contributed by atoms with van der Waals surface area (Å²) < 4.78 is 32.1. The van der Waals surface area contributed by atoms with E-state index in [-0.39, 0.29) is 6.61 Å². The lowest BCUT2D eigenvalue weighted by Gasteiger charge is -2.40. The van der Waals surface area contributed by atoms with Gasteiger partial charge in [-0.15, -0.1) is 0 Å². The first-order valence-electron chi connectivity index (χ1n) is 7.14. The molecule has 1 aliphatic heterocycles. The Morgan fingerprint density at radius 3 is 2.17 bits per heavy atom. The maximum Gasteiger partial charge on any atom is 0.364 e. The molecule has 3 unspecified atom stereocenters. The SMILES string of the molecule is CCOC(=O)C1(C(C)(O)P(=O)(OC)OC)CC(C)(C(=O)OC)N=N1. The van der Waals surface area contributed by atoms with Gasteiger partial charge < -0.3 is 23.6 Å². The van der Waals surface area contributed by atoms with E-state index in [2.05, 4.69) is 15.0 Å². The second kappa shape index (κ2) is 6.87. The molecule has 0 aromatic carbocycles. The molecule has 1 heterocycles. The summed E-state index contributed by atoms with van der Waals surface area (Å²) in [6.45, 7) is 3.98. The zero-order valence-electron chi connectivity index (χ0n) is 14.6. The Morgan fingerprint density at radius 1 is 1.21 bits per heavy atom. The Balaban J connectivity index is 3.51. The third kappa shape index (κ3) is 2.88. The van der Waals surface area contributed by atoms with Crippen LogP contribution in [0.3, 0.4) is 0 Å². The van der Waals surface area contributed by atoms with Crippen LogP contribution in [0.25, 0.3) is 0 Å². The van der Waals surface area contributed by atoms with Crippen molar-refractivity contribution in [3.8, 4) is 0 Å². The molecule has 1 rings (SSSR count). The Kier molecular flexibility index (Phi) is 5.93. The number of methoxy groups -OCH3 is 1. The van der Waals surface area contributed by atoms with Crippen molar-refractivity contribution in [2.24, 2.45) is 10.2 Å². The van der Waals surface area contributed by atoms with Crippen LogP contribution >= 0.6 is 7.60 Å². The molecule has 0 aliphatic carbocycles. The molecule has 0 saturated carbocycles. The molecule has 0 aromatic heterocycles. The Labute approximate surface area is 140 Å². The number of carbonyl (C=O) groups is 2. The molecular weight excluding hydrogens is 343 g/mol. The van der Waals surface area contributed by atoms with Crippen molar-refractivity contribution in [2.45, 2.75) is 43.6 Å². The van der Waals surface area contributed by atoms with E-state index in [1.54, 1.807) is 6.92 Å².